The van der Waals surface area contributed by atoms with Gasteiger partial charge in [0.05, 0.1) is 0 Å². The molecule has 1 aliphatic rings. The molecule has 1 aromatic carbocycles. The van der Waals surface area contributed by atoms with Crippen molar-refractivity contribution in [2.75, 3.05) is 18.4 Å². The minimum absolute atomic E-state index is 0.0565. The molecule has 1 N–H and O–H groups in total. The molecule has 4 aromatic rings. The summed E-state index contributed by atoms with van der Waals surface area (Å²) in [4.78, 5) is 32.0. The predicted molar refractivity (Wildman–Crippen MR) is 132 cm³/mol. The molecule has 0 aliphatic carbocycles. The van der Waals surface area contributed by atoms with Crippen LogP contribution in [0, 0.1) is 12.8 Å². The Kier molecular flexibility index (Phi) is 6.59. The normalized spacial score (nSPS) is 14.4. The predicted octanol–water partition coefficient (Wildman–Crippen LogP) is 4.77. The number of anilines is 1. The third kappa shape index (κ3) is 4.83. The first kappa shape index (κ1) is 22.5. The van der Waals surface area contributed by atoms with Gasteiger partial charge in [-0.1, -0.05) is 47.4 Å². The minimum Gasteiger partial charge on any atom is -0.451 e. The molecular formula is C24H23N5O3S2. The molecule has 0 atom stereocenters. The van der Waals surface area contributed by atoms with Crippen LogP contribution in [0.25, 0.3) is 11.0 Å². The Labute approximate surface area is 204 Å². The van der Waals surface area contributed by atoms with Gasteiger partial charge in [-0.3, -0.25) is 9.59 Å². The summed E-state index contributed by atoms with van der Waals surface area (Å²) < 4.78 is 6.90. The van der Waals surface area contributed by atoms with Crippen molar-refractivity contribution < 1.29 is 14.0 Å². The number of hydrogen-bond donors (Lipinski definition) is 1. The van der Waals surface area contributed by atoms with Crippen molar-refractivity contribution in [2.45, 2.75) is 29.9 Å². The quantitative estimate of drug-likeness (QED) is 0.386. The fourth-order valence-corrected chi connectivity index (χ4v) is 5.88. The zero-order valence-electron chi connectivity index (χ0n) is 18.6. The second-order valence-corrected chi connectivity index (χ2v) is 10.5. The fraction of sp³-hybridized carbons (Fsp3) is 0.292. The Morgan fingerprint density at radius 2 is 1.94 bits per heavy atom. The number of benzene rings is 1. The van der Waals surface area contributed by atoms with Gasteiger partial charge in [-0.15, -0.1) is 10.2 Å². The van der Waals surface area contributed by atoms with Crippen LogP contribution < -0.4 is 5.32 Å². The first-order chi connectivity index (χ1) is 16.6. The summed E-state index contributed by atoms with van der Waals surface area (Å²) in [5.41, 5.74) is 1.56. The van der Waals surface area contributed by atoms with E-state index in [2.05, 4.69) is 20.5 Å². The molecule has 0 saturated carbocycles. The van der Waals surface area contributed by atoms with Crippen molar-refractivity contribution >= 4 is 51.7 Å². The number of carbonyl (C=O) groups is 2. The largest absolute Gasteiger partial charge is 0.451 e. The van der Waals surface area contributed by atoms with E-state index in [0.29, 0.717) is 48.8 Å². The average Bonchev–Trinajstić information content (AvgIpc) is 3.46. The number of nitrogens with one attached hydrogen (secondary N) is 1. The van der Waals surface area contributed by atoms with Crippen LogP contribution in [0.1, 0.15) is 34.0 Å². The fourth-order valence-electron chi connectivity index (χ4n) is 4.04. The molecule has 10 heteroatoms. The van der Waals surface area contributed by atoms with Crippen LogP contribution in [0.5, 0.6) is 0 Å². The van der Waals surface area contributed by atoms with Crippen LogP contribution >= 0.6 is 23.1 Å². The van der Waals surface area contributed by atoms with E-state index < -0.39 is 0 Å². The highest BCUT2D eigenvalue weighted by molar-refractivity contribution is 8.00. The number of hydrogen-bond acceptors (Lipinski definition) is 8. The third-order valence-corrected chi connectivity index (χ3v) is 7.81. The van der Waals surface area contributed by atoms with Crippen molar-refractivity contribution in [3.63, 3.8) is 0 Å². The zero-order valence-corrected chi connectivity index (χ0v) is 20.2. The average molecular weight is 494 g/mol. The van der Waals surface area contributed by atoms with E-state index in [9.17, 15) is 9.59 Å². The Bertz CT molecular complexity index is 1310. The van der Waals surface area contributed by atoms with Gasteiger partial charge in [-0.2, -0.15) is 0 Å². The molecule has 8 nitrogen and oxygen atoms in total. The first-order valence-electron chi connectivity index (χ1n) is 11.0. The van der Waals surface area contributed by atoms with Crippen molar-refractivity contribution in [1.29, 1.82) is 0 Å². The molecule has 0 spiro atoms. The molecule has 4 heterocycles. The van der Waals surface area contributed by atoms with Gasteiger partial charge < -0.3 is 14.6 Å². The maximum atomic E-state index is 13.5. The Hall–Kier alpha value is -3.24. The van der Waals surface area contributed by atoms with Crippen LogP contribution in [0.4, 0.5) is 5.82 Å². The van der Waals surface area contributed by atoms with E-state index in [1.165, 1.54) is 11.3 Å². The van der Waals surface area contributed by atoms with Gasteiger partial charge in [0.15, 0.2) is 10.1 Å². The topological polar surface area (TPSA) is 101 Å². The molecule has 0 bridgehead atoms. The molecule has 1 aliphatic heterocycles. The second kappa shape index (κ2) is 9.94. The summed E-state index contributed by atoms with van der Waals surface area (Å²) in [7, 11) is 0. The highest BCUT2D eigenvalue weighted by Gasteiger charge is 2.31. The molecule has 34 heavy (non-hydrogen) atoms. The molecule has 1 saturated heterocycles. The zero-order chi connectivity index (χ0) is 23.5. The number of aromatic nitrogens is 3. The molecule has 2 amide bonds. The van der Waals surface area contributed by atoms with Gasteiger partial charge in [0.25, 0.3) is 5.91 Å². The number of fused-ring (bicyclic) bond motifs is 1. The number of pyridine rings is 1. The Balaban J connectivity index is 1.28. The van der Waals surface area contributed by atoms with Crippen LogP contribution in [-0.2, 0) is 10.5 Å². The SMILES string of the molecule is Cc1nnc(SCc2c(C(=O)N3CCC(C(=O)Nc4ccccn4)CC3)oc3ccccc23)s1. The molecule has 1 fully saturated rings. The van der Waals surface area contributed by atoms with Gasteiger partial charge in [-0.25, -0.2) is 4.98 Å². The van der Waals surface area contributed by atoms with E-state index >= 15 is 0 Å². The van der Waals surface area contributed by atoms with E-state index in [4.69, 9.17) is 4.42 Å². The van der Waals surface area contributed by atoms with Gasteiger partial charge in [-0.05, 0) is 38.0 Å². The summed E-state index contributed by atoms with van der Waals surface area (Å²) in [6.07, 6.45) is 2.84. The van der Waals surface area contributed by atoms with Gasteiger partial charge >= 0.3 is 0 Å². The van der Waals surface area contributed by atoms with Gasteiger partial charge in [0.1, 0.15) is 16.4 Å². The number of carbonyl (C=O) groups excluding carboxylic acids is 2. The number of rotatable bonds is 6. The Morgan fingerprint density at radius 3 is 2.68 bits per heavy atom. The monoisotopic (exact) mass is 493 g/mol. The highest BCUT2D eigenvalue weighted by Crippen LogP contribution is 2.34. The number of thioether (sulfide) groups is 1. The first-order valence-corrected chi connectivity index (χ1v) is 12.8. The highest BCUT2D eigenvalue weighted by atomic mass is 32.2. The van der Waals surface area contributed by atoms with Crippen LogP contribution in [0.3, 0.4) is 0 Å². The van der Waals surface area contributed by atoms with E-state index in [0.717, 1.165) is 20.3 Å². The lowest BCUT2D eigenvalue weighted by molar-refractivity contribution is -0.121. The lowest BCUT2D eigenvalue weighted by atomic mass is 9.95. The minimum atomic E-state index is -0.155. The summed E-state index contributed by atoms with van der Waals surface area (Å²) in [6.45, 7) is 2.92. The van der Waals surface area contributed by atoms with Crippen LogP contribution in [0.15, 0.2) is 57.4 Å². The van der Waals surface area contributed by atoms with E-state index in [1.807, 2.05) is 37.3 Å². The van der Waals surface area contributed by atoms with Crippen LogP contribution in [-0.4, -0.2) is 45.0 Å². The summed E-state index contributed by atoms with van der Waals surface area (Å²) >= 11 is 3.09. The van der Waals surface area contributed by atoms with Crippen molar-refractivity contribution in [2.24, 2.45) is 5.92 Å². The Morgan fingerprint density at radius 1 is 1.15 bits per heavy atom. The summed E-state index contributed by atoms with van der Waals surface area (Å²) in [5.74, 6) is 1.13. The standard InChI is InChI=1S/C24H23N5O3S2/c1-15-27-28-24(34-15)33-14-18-17-6-2-3-7-19(17)32-21(18)23(31)29-12-9-16(10-13-29)22(30)26-20-8-4-5-11-25-20/h2-8,11,16H,9-10,12-14H2,1H3,(H,25,26,30). The number of likely N-dealkylation sites (tertiary alicyclic amines) is 1. The molecule has 3 aromatic heterocycles. The van der Waals surface area contributed by atoms with Crippen molar-refractivity contribution in [3.8, 4) is 0 Å². The van der Waals surface area contributed by atoms with Crippen molar-refractivity contribution in [3.05, 3.63) is 65.0 Å². The number of piperidine rings is 1. The van der Waals surface area contributed by atoms with E-state index in [1.54, 1.807) is 35.0 Å². The second-order valence-electron chi connectivity index (χ2n) is 8.05. The van der Waals surface area contributed by atoms with Gasteiger partial charge in [0, 0.05) is 41.9 Å². The molecule has 5 rings (SSSR count). The number of aryl methyl sites for hydroxylation is 1. The molecular weight excluding hydrogens is 470 g/mol. The smallest absolute Gasteiger partial charge is 0.289 e. The number of amides is 2. The maximum Gasteiger partial charge on any atom is 0.289 e. The van der Waals surface area contributed by atoms with E-state index in [-0.39, 0.29) is 17.7 Å². The summed E-state index contributed by atoms with van der Waals surface area (Å²) in [6, 6.07) is 13.1. The van der Waals surface area contributed by atoms with Crippen molar-refractivity contribution in [1.82, 2.24) is 20.1 Å². The summed E-state index contributed by atoms with van der Waals surface area (Å²) in [5, 5.41) is 13.0. The number of furan rings is 1. The van der Waals surface area contributed by atoms with Crippen LogP contribution in [0.2, 0.25) is 0 Å². The maximum absolute atomic E-state index is 13.5. The molecule has 174 valence electrons. The van der Waals surface area contributed by atoms with Gasteiger partial charge in [0.2, 0.25) is 5.91 Å². The lowest BCUT2D eigenvalue weighted by Gasteiger charge is -2.30. The molecule has 0 unspecified atom stereocenters. The number of nitrogens with zero attached hydrogens (tertiary/aromatic N) is 4. The third-order valence-electron chi connectivity index (χ3n) is 5.81. The molecule has 0 radical (unpaired) electrons. The lowest BCUT2D eigenvalue weighted by Crippen LogP contribution is -2.41. The number of para-hydroxylation sites is 1.